The van der Waals surface area contributed by atoms with Gasteiger partial charge in [-0.25, -0.2) is 9.37 Å². The van der Waals surface area contributed by atoms with Crippen LogP contribution in [0.3, 0.4) is 0 Å². The van der Waals surface area contributed by atoms with Gasteiger partial charge in [0.25, 0.3) is 5.91 Å². The first-order chi connectivity index (χ1) is 13.0. The third-order valence-corrected chi connectivity index (χ3v) is 11.2. The molecular weight excluding hydrogens is 379 g/mol. The van der Waals surface area contributed by atoms with E-state index in [1.54, 1.807) is 0 Å². The Hall–Kier alpha value is -1.35. The maximum Gasteiger partial charge on any atom is 0.256 e. The molecule has 0 aliphatic carbocycles. The van der Waals surface area contributed by atoms with E-state index in [-0.39, 0.29) is 18.5 Å². The molecule has 0 spiro atoms. The van der Waals surface area contributed by atoms with Crippen LogP contribution in [0.15, 0.2) is 18.3 Å². The number of pyridine rings is 1. The second-order valence-electron chi connectivity index (χ2n) is 8.14. The number of halogens is 1. The van der Waals surface area contributed by atoms with Gasteiger partial charge in [-0.15, -0.1) is 0 Å². The molecular formula is C20H35FN2O4Si. The van der Waals surface area contributed by atoms with Gasteiger partial charge in [0.15, 0.2) is 14.4 Å². The summed E-state index contributed by atoms with van der Waals surface area (Å²) in [6.45, 7) is 15.4. The topological polar surface area (TPSA) is 80.7 Å². The maximum atomic E-state index is 12.8. The number of nitrogens with one attached hydrogen (secondary N) is 1. The molecule has 2 N–H and O–H groups in total. The summed E-state index contributed by atoms with van der Waals surface area (Å²) >= 11 is 0. The number of aromatic nitrogens is 1. The average molecular weight is 415 g/mol. The van der Waals surface area contributed by atoms with Crippen molar-refractivity contribution in [2.24, 2.45) is 0 Å². The molecule has 0 aromatic carbocycles. The monoisotopic (exact) mass is 414 g/mol. The van der Waals surface area contributed by atoms with Gasteiger partial charge < -0.3 is 19.6 Å². The van der Waals surface area contributed by atoms with Crippen molar-refractivity contribution in [3.8, 4) is 0 Å². The van der Waals surface area contributed by atoms with Crippen molar-refractivity contribution >= 4 is 20.0 Å². The van der Waals surface area contributed by atoms with E-state index in [2.05, 4.69) is 51.8 Å². The molecule has 28 heavy (non-hydrogen) atoms. The summed E-state index contributed by atoms with van der Waals surface area (Å²) in [6, 6.07) is 2.50. The Balaban J connectivity index is 2.53. The van der Waals surface area contributed by atoms with E-state index in [9.17, 15) is 14.3 Å². The average Bonchev–Trinajstić information content (AvgIpc) is 2.61. The molecule has 0 saturated carbocycles. The Labute approximate surface area is 169 Å². The molecule has 1 aromatic rings. The fourth-order valence-corrected chi connectivity index (χ4v) is 9.32. The number of aliphatic hydroxyl groups excluding tert-OH is 1. The van der Waals surface area contributed by atoms with Gasteiger partial charge in [-0.1, -0.05) is 41.5 Å². The Kier molecular flexibility index (Phi) is 9.69. The van der Waals surface area contributed by atoms with Crippen LogP contribution in [0.5, 0.6) is 0 Å². The summed E-state index contributed by atoms with van der Waals surface area (Å²) < 4.78 is 24.9. The Morgan fingerprint density at radius 3 is 2.14 bits per heavy atom. The number of carbonyl (C=O) groups is 1. The number of aliphatic hydroxyl groups is 1. The first-order valence-electron chi connectivity index (χ1n) is 9.86. The summed E-state index contributed by atoms with van der Waals surface area (Å²) in [7, 11) is -1.98. The highest BCUT2D eigenvalue weighted by atomic mass is 28.4. The summed E-state index contributed by atoms with van der Waals surface area (Å²) in [6.07, 6.45) is -0.613. The lowest BCUT2D eigenvalue weighted by Crippen LogP contribution is -2.49. The SMILES string of the molecule is CC(CO[Si](C(C)C)(C(C)C)C(C)C)OCC(O)C(=O)Nc1ccc(F)cn1. The number of amides is 1. The highest BCUT2D eigenvalue weighted by Gasteiger charge is 2.45. The molecule has 1 amide bonds. The van der Waals surface area contributed by atoms with Crippen molar-refractivity contribution in [2.45, 2.75) is 77.3 Å². The van der Waals surface area contributed by atoms with Gasteiger partial charge in [-0.2, -0.15) is 0 Å². The molecule has 1 rings (SSSR count). The molecule has 0 saturated heterocycles. The fourth-order valence-electron chi connectivity index (χ4n) is 3.80. The zero-order chi connectivity index (χ0) is 21.5. The van der Waals surface area contributed by atoms with E-state index in [0.29, 0.717) is 23.2 Å². The Morgan fingerprint density at radius 2 is 1.68 bits per heavy atom. The quantitative estimate of drug-likeness (QED) is 0.533. The molecule has 1 aromatic heterocycles. The molecule has 8 heteroatoms. The van der Waals surface area contributed by atoms with Crippen molar-refractivity contribution in [1.29, 1.82) is 0 Å². The van der Waals surface area contributed by atoms with Crippen LogP contribution in [0.4, 0.5) is 10.2 Å². The number of carbonyl (C=O) groups excluding carboxylic acids is 1. The van der Waals surface area contributed by atoms with E-state index in [4.69, 9.17) is 9.16 Å². The molecule has 0 fully saturated rings. The van der Waals surface area contributed by atoms with Crippen LogP contribution in [-0.4, -0.2) is 49.7 Å². The third-order valence-electron chi connectivity index (χ3n) is 5.10. The lowest BCUT2D eigenvalue weighted by atomic mass is 10.3. The molecule has 2 atom stereocenters. The summed E-state index contributed by atoms with van der Waals surface area (Å²) in [5.41, 5.74) is 1.41. The first kappa shape index (κ1) is 24.7. The van der Waals surface area contributed by atoms with Crippen LogP contribution in [0.25, 0.3) is 0 Å². The van der Waals surface area contributed by atoms with Gasteiger partial charge in [-0.05, 0) is 35.7 Å². The van der Waals surface area contributed by atoms with Crippen molar-refractivity contribution in [3.05, 3.63) is 24.1 Å². The number of ether oxygens (including phenoxy) is 1. The van der Waals surface area contributed by atoms with Crippen LogP contribution < -0.4 is 5.32 Å². The summed E-state index contributed by atoms with van der Waals surface area (Å²) in [4.78, 5) is 15.7. The number of hydrogen-bond donors (Lipinski definition) is 2. The maximum absolute atomic E-state index is 12.8. The number of rotatable bonds is 11. The van der Waals surface area contributed by atoms with Crippen LogP contribution in [0.2, 0.25) is 16.6 Å². The van der Waals surface area contributed by atoms with E-state index in [1.807, 2.05) is 6.92 Å². The second-order valence-corrected chi connectivity index (χ2v) is 13.6. The van der Waals surface area contributed by atoms with Crippen molar-refractivity contribution < 1.29 is 23.5 Å². The molecule has 1 heterocycles. The zero-order valence-electron chi connectivity index (χ0n) is 18.0. The Bertz CT molecular complexity index is 589. The smallest absolute Gasteiger partial charge is 0.256 e. The van der Waals surface area contributed by atoms with Crippen molar-refractivity contribution in [3.63, 3.8) is 0 Å². The van der Waals surface area contributed by atoms with Gasteiger partial charge in [0.05, 0.1) is 25.5 Å². The van der Waals surface area contributed by atoms with Crippen LogP contribution in [-0.2, 0) is 14.0 Å². The fraction of sp³-hybridized carbons (Fsp3) is 0.700. The lowest BCUT2D eigenvalue weighted by Gasteiger charge is -2.42. The normalized spacial score (nSPS) is 14.6. The molecule has 0 aliphatic rings. The van der Waals surface area contributed by atoms with E-state index in [0.717, 1.165) is 6.20 Å². The minimum atomic E-state index is -1.98. The minimum Gasteiger partial charge on any atom is -0.413 e. The molecule has 0 aliphatic heterocycles. The van der Waals surface area contributed by atoms with Crippen LogP contribution in [0.1, 0.15) is 48.5 Å². The van der Waals surface area contributed by atoms with Crippen molar-refractivity contribution in [1.82, 2.24) is 4.98 Å². The lowest BCUT2D eigenvalue weighted by molar-refractivity contribution is -0.128. The van der Waals surface area contributed by atoms with E-state index < -0.39 is 26.1 Å². The second kappa shape index (κ2) is 11.0. The largest absolute Gasteiger partial charge is 0.413 e. The summed E-state index contributed by atoms with van der Waals surface area (Å²) in [5.74, 6) is -0.981. The predicted molar refractivity (Wildman–Crippen MR) is 111 cm³/mol. The predicted octanol–water partition coefficient (Wildman–Crippen LogP) is 4.12. The molecule has 160 valence electrons. The molecule has 0 bridgehead atoms. The molecule has 2 unspecified atom stereocenters. The summed E-state index contributed by atoms with van der Waals surface area (Å²) in [5, 5.41) is 12.4. The molecule has 0 radical (unpaired) electrons. The number of nitrogens with zero attached hydrogens (tertiary/aromatic N) is 1. The highest BCUT2D eigenvalue weighted by Crippen LogP contribution is 2.42. The number of anilines is 1. The van der Waals surface area contributed by atoms with E-state index in [1.165, 1.54) is 12.1 Å². The van der Waals surface area contributed by atoms with Gasteiger partial charge in [0.1, 0.15) is 11.6 Å². The first-order valence-corrected chi connectivity index (χ1v) is 12.0. The van der Waals surface area contributed by atoms with E-state index >= 15 is 0 Å². The van der Waals surface area contributed by atoms with Gasteiger partial charge >= 0.3 is 0 Å². The van der Waals surface area contributed by atoms with Crippen molar-refractivity contribution in [2.75, 3.05) is 18.5 Å². The number of hydrogen-bond acceptors (Lipinski definition) is 5. The van der Waals surface area contributed by atoms with Crippen LogP contribution in [0, 0.1) is 5.82 Å². The molecule has 6 nitrogen and oxygen atoms in total. The minimum absolute atomic E-state index is 0.156. The van der Waals surface area contributed by atoms with Gasteiger partial charge in [-0.3, -0.25) is 4.79 Å². The van der Waals surface area contributed by atoms with Gasteiger partial charge in [0, 0.05) is 0 Å². The Morgan fingerprint density at radius 1 is 1.11 bits per heavy atom. The van der Waals surface area contributed by atoms with Crippen LogP contribution >= 0.6 is 0 Å². The highest BCUT2D eigenvalue weighted by molar-refractivity contribution is 6.77. The zero-order valence-corrected chi connectivity index (χ0v) is 19.0. The standard InChI is InChI=1S/C20H35FN2O4Si/c1-13(2)28(14(3)4,15(5)6)27-11-16(7)26-12-18(24)20(25)23-19-9-8-17(21)10-22-19/h8-10,13-16,18,24H,11-12H2,1-7H3,(H,22,23,25). The van der Waals surface area contributed by atoms with Gasteiger partial charge in [0.2, 0.25) is 0 Å². The third kappa shape index (κ3) is 6.61.